The highest BCUT2D eigenvalue weighted by molar-refractivity contribution is 8.01. The number of hydrogen-bond donors (Lipinski definition) is 2. The number of esters is 1. The average Bonchev–Trinajstić information content (AvgIpc) is 3.09. The highest BCUT2D eigenvalue weighted by Crippen LogP contribution is 2.37. The van der Waals surface area contributed by atoms with Gasteiger partial charge in [0.05, 0.1) is 16.7 Å². The molecule has 3 atom stereocenters. The zero-order valence-electron chi connectivity index (χ0n) is 19.4. The van der Waals surface area contributed by atoms with Crippen molar-refractivity contribution in [2.24, 2.45) is 11.8 Å². The van der Waals surface area contributed by atoms with E-state index in [-0.39, 0.29) is 41.4 Å². The van der Waals surface area contributed by atoms with Crippen LogP contribution in [0.5, 0.6) is 0 Å². The molecule has 0 aromatic heterocycles. The van der Waals surface area contributed by atoms with E-state index < -0.39 is 11.9 Å². The van der Waals surface area contributed by atoms with Crippen molar-refractivity contribution >= 4 is 40.9 Å². The predicted octanol–water partition coefficient (Wildman–Crippen LogP) is 3.63. The second-order valence-corrected chi connectivity index (χ2v) is 9.37. The smallest absolute Gasteiger partial charge is 0.323 e. The number of carbonyl (C=O) groups excluding carboxylic acids is 3. The Morgan fingerprint density at radius 1 is 1.36 bits per heavy atom. The molecule has 0 aliphatic carbocycles. The highest BCUT2D eigenvalue weighted by atomic mass is 32.2. The number of hydrogen-bond acceptors (Lipinski definition) is 7. The van der Waals surface area contributed by atoms with Crippen LogP contribution >= 0.6 is 11.8 Å². The van der Waals surface area contributed by atoms with Gasteiger partial charge in [0.2, 0.25) is 11.8 Å². The van der Waals surface area contributed by atoms with E-state index in [1.807, 2.05) is 51.1 Å². The number of nitriles is 1. The second kappa shape index (κ2) is 12.9. The Morgan fingerprint density at radius 3 is 2.73 bits per heavy atom. The molecule has 0 saturated carbocycles. The molecule has 1 heterocycles. The van der Waals surface area contributed by atoms with Crippen LogP contribution in [0.1, 0.15) is 33.6 Å². The summed E-state index contributed by atoms with van der Waals surface area (Å²) in [6, 6.07) is 9.45. The normalized spacial score (nSPS) is 18.5. The lowest BCUT2D eigenvalue weighted by atomic mass is 10.1. The zero-order valence-corrected chi connectivity index (χ0v) is 20.2. The fraction of sp³-hybridized carbons (Fsp3) is 0.500. The molecule has 2 N–H and O–H groups in total. The molecule has 0 bridgehead atoms. The van der Waals surface area contributed by atoms with E-state index >= 15 is 0 Å². The van der Waals surface area contributed by atoms with E-state index in [0.29, 0.717) is 25.2 Å². The third kappa shape index (κ3) is 7.53. The van der Waals surface area contributed by atoms with Gasteiger partial charge in [-0.2, -0.15) is 5.26 Å². The Morgan fingerprint density at radius 2 is 2.09 bits per heavy atom. The fourth-order valence-corrected chi connectivity index (χ4v) is 4.96. The number of nitrogens with one attached hydrogen (secondary N) is 2. The maximum atomic E-state index is 12.9. The number of thioether (sulfide) groups is 1. The molecule has 178 valence electrons. The standard InChI is InChI=1S/C24H32N4O4S/c1-5-12-32-24(31)17(15-25)13-21-28(6-2)23(30)20(33-21)10-11-26-18-8-7-9-19(14-18)27-22(29)16(3)4/h5,7-9,14,16-17,20-21,26H,1,6,10-13H2,2-4H3,(H,27,29). The number of ether oxygens (including phenoxy) is 1. The van der Waals surface area contributed by atoms with Gasteiger partial charge in [0.1, 0.15) is 12.5 Å². The number of anilines is 2. The van der Waals surface area contributed by atoms with Crippen LogP contribution in [0, 0.1) is 23.2 Å². The molecule has 1 aliphatic rings. The Labute approximate surface area is 199 Å². The first kappa shape index (κ1) is 26.3. The predicted molar refractivity (Wildman–Crippen MR) is 130 cm³/mol. The van der Waals surface area contributed by atoms with Crippen LogP contribution in [0.2, 0.25) is 0 Å². The third-order valence-corrected chi connectivity index (χ3v) is 6.71. The first-order chi connectivity index (χ1) is 15.8. The zero-order chi connectivity index (χ0) is 24.4. The summed E-state index contributed by atoms with van der Waals surface area (Å²) in [7, 11) is 0. The quantitative estimate of drug-likeness (QED) is 0.353. The van der Waals surface area contributed by atoms with Gasteiger partial charge in [-0.15, -0.1) is 11.8 Å². The maximum Gasteiger partial charge on any atom is 0.323 e. The number of nitrogens with zero attached hydrogens (tertiary/aromatic N) is 2. The van der Waals surface area contributed by atoms with Crippen molar-refractivity contribution in [1.82, 2.24) is 4.90 Å². The van der Waals surface area contributed by atoms with Gasteiger partial charge in [0.25, 0.3) is 0 Å². The Hall–Kier alpha value is -2.99. The molecule has 1 aliphatic heterocycles. The van der Waals surface area contributed by atoms with Crippen LogP contribution in [0.15, 0.2) is 36.9 Å². The van der Waals surface area contributed by atoms with Gasteiger partial charge in [0, 0.05) is 36.8 Å². The minimum Gasteiger partial charge on any atom is -0.460 e. The Bertz CT molecular complexity index is 899. The minimum absolute atomic E-state index is 0.0170. The minimum atomic E-state index is -0.926. The van der Waals surface area contributed by atoms with E-state index in [0.717, 1.165) is 5.69 Å². The van der Waals surface area contributed by atoms with Gasteiger partial charge in [0.15, 0.2) is 0 Å². The molecule has 0 spiro atoms. The average molecular weight is 473 g/mol. The fourth-order valence-electron chi connectivity index (χ4n) is 3.37. The van der Waals surface area contributed by atoms with E-state index in [2.05, 4.69) is 17.2 Å². The molecular formula is C24H32N4O4S. The summed E-state index contributed by atoms with van der Waals surface area (Å²) in [6.07, 6.45) is 2.28. The molecule has 1 fully saturated rings. The number of amides is 2. The molecule has 9 heteroatoms. The van der Waals surface area contributed by atoms with Crippen molar-refractivity contribution in [2.75, 3.05) is 30.3 Å². The SMILES string of the molecule is C=CCOC(=O)C(C#N)CC1SC(CCNc2cccc(NC(=O)C(C)C)c2)C(=O)N1CC. The summed E-state index contributed by atoms with van der Waals surface area (Å²) in [6.45, 7) is 10.2. The van der Waals surface area contributed by atoms with Crippen LogP contribution < -0.4 is 10.6 Å². The highest BCUT2D eigenvalue weighted by Gasteiger charge is 2.41. The largest absolute Gasteiger partial charge is 0.460 e. The van der Waals surface area contributed by atoms with E-state index in [9.17, 15) is 19.6 Å². The van der Waals surface area contributed by atoms with E-state index in [4.69, 9.17) is 4.74 Å². The summed E-state index contributed by atoms with van der Waals surface area (Å²) in [5.41, 5.74) is 1.57. The first-order valence-corrected chi connectivity index (χ1v) is 12.0. The number of rotatable bonds is 12. The number of carbonyl (C=O) groups is 3. The lowest BCUT2D eigenvalue weighted by Crippen LogP contribution is -2.36. The molecule has 1 aromatic carbocycles. The Kier molecular flexibility index (Phi) is 10.3. The number of benzene rings is 1. The van der Waals surface area contributed by atoms with Gasteiger partial charge in [-0.05, 0) is 31.5 Å². The summed E-state index contributed by atoms with van der Waals surface area (Å²) >= 11 is 1.49. The van der Waals surface area contributed by atoms with Crippen LogP contribution in [0.25, 0.3) is 0 Å². The van der Waals surface area contributed by atoms with Crippen molar-refractivity contribution < 1.29 is 19.1 Å². The van der Waals surface area contributed by atoms with Gasteiger partial charge < -0.3 is 20.3 Å². The molecular weight excluding hydrogens is 440 g/mol. The van der Waals surface area contributed by atoms with Crippen LogP contribution in [-0.4, -0.2) is 53.0 Å². The molecule has 2 amide bonds. The summed E-state index contributed by atoms with van der Waals surface area (Å²) in [4.78, 5) is 38.6. The monoisotopic (exact) mass is 472 g/mol. The first-order valence-electron chi connectivity index (χ1n) is 11.1. The molecule has 1 aromatic rings. The van der Waals surface area contributed by atoms with Crippen LogP contribution in [-0.2, 0) is 19.1 Å². The second-order valence-electron chi connectivity index (χ2n) is 7.98. The molecule has 0 radical (unpaired) electrons. The van der Waals surface area contributed by atoms with Gasteiger partial charge in [-0.25, -0.2) is 0 Å². The lowest BCUT2D eigenvalue weighted by Gasteiger charge is -2.23. The van der Waals surface area contributed by atoms with Crippen LogP contribution in [0.4, 0.5) is 11.4 Å². The molecule has 2 rings (SSSR count). The summed E-state index contributed by atoms with van der Waals surface area (Å²) in [5, 5.41) is 15.1. The Balaban J connectivity index is 1.92. The van der Waals surface area contributed by atoms with Crippen molar-refractivity contribution in [3.63, 3.8) is 0 Å². The van der Waals surface area contributed by atoms with Crippen molar-refractivity contribution in [1.29, 1.82) is 5.26 Å². The van der Waals surface area contributed by atoms with Crippen molar-refractivity contribution in [3.8, 4) is 6.07 Å². The third-order valence-electron chi connectivity index (χ3n) is 5.18. The molecule has 1 saturated heterocycles. The van der Waals surface area contributed by atoms with Crippen molar-refractivity contribution in [3.05, 3.63) is 36.9 Å². The lowest BCUT2D eigenvalue weighted by molar-refractivity contribution is -0.146. The van der Waals surface area contributed by atoms with Gasteiger partial charge in [-0.3, -0.25) is 14.4 Å². The molecule has 8 nitrogen and oxygen atoms in total. The summed E-state index contributed by atoms with van der Waals surface area (Å²) < 4.78 is 5.01. The topological polar surface area (TPSA) is 112 Å². The maximum absolute atomic E-state index is 12.9. The van der Waals surface area contributed by atoms with Crippen LogP contribution in [0.3, 0.4) is 0 Å². The van der Waals surface area contributed by atoms with Gasteiger partial charge >= 0.3 is 5.97 Å². The summed E-state index contributed by atoms with van der Waals surface area (Å²) in [5.74, 6) is -1.65. The molecule has 33 heavy (non-hydrogen) atoms. The van der Waals surface area contributed by atoms with Crippen molar-refractivity contribution in [2.45, 2.75) is 44.2 Å². The van der Waals surface area contributed by atoms with Gasteiger partial charge in [-0.1, -0.05) is 32.6 Å². The van der Waals surface area contributed by atoms with E-state index in [1.54, 1.807) is 4.90 Å². The molecule has 3 unspecified atom stereocenters. The van der Waals surface area contributed by atoms with E-state index in [1.165, 1.54) is 17.8 Å².